The number of nitrogens with zero attached hydrogens (tertiary/aromatic N) is 1. The highest BCUT2D eigenvalue weighted by atomic mass is 32.1. The average Bonchev–Trinajstić information content (AvgIpc) is 2.85. The number of rotatable bonds is 4. The molecule has 0 spiro atoms. The van der Waals surface area contributed by atoms with Crippen LogP contribution in [-0.4, -0.2) is 25.1 Å². The number of benzene rings is 1. The predicted molar refractivity (Wildman–Crippen MR) is 74.0 cm³/mol. The van der Waals surface area contributed by atoms with Gasteiger partial charge in [0.1, 0.15) is 17.2 Å². The van der Waals surface area contributed by atoms with E-state index in [0.717, 1.165) is 0 Å². The fourth-order valence-electron chi connectivity index (χ4n) is 1.47. The topological polar surface area (TPSA) is 86.5 Å². The smallest absolute Gasteiger partial charge is 0.275 e. The summed E-state index contributed by atoms with van der Waals surface area (Å²) in [5, 5.41) is 4.66. The summed E-state index contributed by atoms with van der Waals surface area (Å²) >= 11 is 1.22. The number of nitrogen functional groups attached to an aromatic ring is 1. The van der Waals surface area contributed by atoms with Gasteiger partial charge in [-0.2, -0.15) is 0 Å². The van der Waals surface area contributed by atoms with Gasteiger partial charge in [0.2, 0.25) is 0 Å². The van der Waals surface area contributed by atoms with Crippen molar-refractivity contribution in [1.82, 2.24) is 4.98 Å². The molecule has 1 aromatic heterocycles. The number of carbonyl (C=O) groups is 1. The molecule has 2 rings (SSSR count). The zero-order valence-corrected chi connectivity index (χ0v) is 11.3. The van der Waals surface area contributed by atoms with Crippen molar-refractivity contribution in [3.05, 3.63) is 29.3 Å². The molecule has 1 amide bonds. The second-order valence-electron chi connectivity index (χ2n) is 3.63. The highest BCUT2D eigenvalue weighted by Crippen LogP contribution is 2.26. The van der Waals surface area contributed by atoms with Gasteiger partial charge >= 0.3 is 0 Å². The molecule has 2 aromatic rings. The van der Waals surface area contributed by atoms with Crippen molar-refractivity contribution in [2.24, 2.45) is 0 Å². The van der Waals surface area contributed by atoms with Crippen LogP contribution in [0.1, 0.15) is 10.5 Å². The maximum absolute atomic E-state index is 11.9. The van der Waals surface area contributed by atoms with Crippen LogP contribution in [0, 0.1) is 0 Å². The molecule has 19 heavy (non-hydrogen) atoms. The van der Waals surface area contributed by atoms with Gasteiger partial charge in [-0.1, -0.05) is 0 Å². The molecule has 3 N–H and O–H groups in total. The van der Waals surface area contributed by atoms with Crippen molar-refractivity contribution in [3.8, 4) is 11.5 Å². The first-order valence-electron chi connectivity index (χ1n) is 5.38. The number of carbonyl (C=O) groups excluding carboxylic acids is 1. The van der Waals surface area contributed by atoms with E-state index >= 15 is 0 Å². The Balaban J connectivity index is 2.20. The summed E-state index contributed by atoms with van der Waals surface area (Å²) in [6, 6.07) is 5.10. The van der Waals surface area contributed by atoms with E-state index in [9.17, 15) is 4.79 Å². The SMILES string of the molecule is COc1cc(NC(=O)c2csc(N)n2)cc(OC)c1. The highest BCUT2D eigenvalue weighted by molar-refractivity contribution is 7.13. The van der Waals surface area contributed by atoms with Gasteiger partial charge in [-0.05, 0) is 0 Å². The Morgan fingerprint density at radius 1 is 1.26 bits per heavy atom. The summed E-state index contributed by atoms with van der Waals surface area (Å²) in [6.45, 7) is 0. The van der Waals surface area contributed by atoms with Crippen LogP contribution >= 0.6 is 11.3 Å². The van der Waals surface area contributed by atoms with Crippen LogP contribution in [0.4, 0.5) is 10.8 Å². The van der Waals surface area contributed by atoms with Crippen LogP contribution in [0.25, 0.3) is 0 Å². The molecule has 0 fully saturated rings. The minimum atomic E-state index is -0.330. The number of thiazole rings is 1. The zero-order chi connectivity index (χ0) is 13.8. The number of nitrogens with one attached hydrogen (secondary N) is 1. The van der Waals surface area contributed by atoms with Crippen molar-refractivity contribution in [2.75, 3.05) is 25.3 Å². The molecule has 0 saturated carbocycles. The Morgan fingerprint density at radius 3 is 2.37 bits per heavy atom. The van der Waals surface area contributed by atoms with Gasteiger partial charge in [-0.15, -0.1) is 11.3 Å². The van der Waals surface area contributed by atoms with Crippen LogP contribution in [0.15, 0.2) is 23.6 Å². The molecule has 6 nitrogen and oxygen atoms in total. The van der Waals surface area contributed by atoms with Crippen LogP contribution in [-0.2, 0) is 0 Å². The number of hydrogen-bond donors (Lipinski definition) is 2. The van der Waals surface area contributed by atoms with Gasteiger partial charge in [-0.3, -0.25) is 4.79 Å². The maximum Gasteiger partial charge on any atom is 0.275 e. The molecule has 0 aliphatic carbocycles. The first-order valence-corrected chi connectivity index (χ1v) is 6.25. The van der Waals surface area contributed by atoms with E-state index in [1.165, 1.54) is 11.3 Å². The minimum Gasteiger partial charge on any atom is -0.497 e. The third-order valence-electron chi connectivity index (χ3n) is 2.36. The van der Waals surface area contributed by atoms with Gasteiger partial charge < -0.3 is 20.5 Å². The highest BCUT2D eigenvalue weighted by Gasteiger charge is 2.11. The minimum absolute atomic E-state index is 0.282. The van der Waals surface area contributed by atoms with Crippen LogP contribution in [0.5, 0.6) is 11.5 Å². The first kappa shape index (κ1) is 13.2. The van der Waals surface area contributed by atoms with Crippen molar-refractivity contribution in [2.45, 2.75) is 0 Å². The summed E-state index contributed by atoms with van der Waals surface area (Å²) in [5.74, 6) is 0.850. The van der Waals surface area contributed by atoms with Crippen LogP contribution in [0.2, 0.25) is 0 Å². The second kappa shape index (κ2) is 5.57. The maximum atomic E-state index is 11.9. The fraction of sp³-hybridized carbons (Fsp3) is 0.167. The summed E-state index contributed by atoms with van der Waals surface area (Å²) in [6.07, 6.45) is 0. The monoisotopic (exact) mass is 279 g/mol. The fourth-order valence-corrected chi connectivity index (χ4v) is 2.01. The first-order chi connectivity index (χ1) is 9.12. The molecule has 1 aromatic carbocycles. The van der Waals surface area contributed by atoms with Gasteiger partial charge in [0.05, 0.1) is 14.2 Å². The Labute approximate surface area is 114 Å². The summed E-state index contributed by atoms with van der Waals surface area (Å²) < 4.78 is 10.2. The quantitative estimate of drug-likeness (QED) is 0.893. The molecule has 0 atom stereocenters. The second-order valence-corrected chi connectivity index (χ2v) is 4.52. The van der Waals surface area contributed by atoms with E-state index in [2.05, 4.69) is 10.3 Å². The molecule has 7 heteroatoms. The van der Waals surface area contributed by atoms with Gasteiger partial charge in [0, 0.05) is 29.3 Å². The average molecular weight is 279 g/mol. The summed E-state index contributed by atoms with van der Waals surface area (Å²) in [7, 11) is 3.09. The van der Waals surface area contributed by atoms with Crippen molar-refractivity contribution in [3.63, 3.8) is 0 Å². The lowest BCUT2D eigenvalue weighted by molar-refractivity contribution is 0.102. The molecule has 0 unspecified atom stereocenters. The summed E-state index contributed by atoms with van der Waals surface area (Å²) in [5.41, 5.74) is 6.33. The third kappa shape index (κ3) is 3.14. The van der Waals surface area contributed by atoms with Gasteiger partial charge in [-0.25, -0.2) is 4.98 Å². The van der Waals surface area contributed by atoms with Crippen molar-refractivity contribution >= 4 is 28.1 Å². The van der Waals surface area contributed by atoms with E-state index in [1.807, 2.05) is 0 Å². The third-order valence-corrected chi connectivity index (χ3v) is 3.04. The van der Waals surface area contributed by atoms with E-state index in [1.54, 1.807) is 37.8 Å². The molecule has 0 saturated heterocycles. The normalized spacial score (nSPS) is 10.0. The van der Waals surface area contributed by atoms with E-state index in [0.29, 0.717) is 22.3 Å². The number of amides is 1. The number of nitrogens with two attached hydrogens (primary N) is 1. The molecule has 0 bridgehead atoms. The van der Waals surface area contributed by atoms with Crippen LogP contribution in [0.3, 0.4) is 0 Å². The Kier molecular flexibility index (Phi) is 3.86. The lowest BCUT2D eigenvalue weighted by Gasteiger charge is -2.09. The Hall–Kier alpha value is -2.28. The van der Waals surface area contributed by atoms with Gasteiger partial charge in [0.15, 0.2) is 5.13 Å². The number of anilines is 2. The lowest BCUT2D eigenvalue weighted by Crippen LogP contribution is -2.12. The molecule has 100 valence electrons. The van der Waals surface area contributed by atoms with Crippen LogP contribution < -0.4 is 20.5 Å². The molecule has 0 aliphatic heterocycles. The Bertz CT molecular complexity index is 575. The van der Waals surface area contributed by atoms with E-state index < -0.39 is 0 Å². The molecular formula is C12H13N3O3S. The van der Waals surface area contributed by atoms with Gasteiger partial charge in [0.25, 0.3) is 5.91 Å². The lowest BCUT2D eigenvalue weighted by atomic mass is 10.2. The number of hydrogen-bond acceptors (Lipinski definition) is 6. The molecular weight excluding hydrogens is 266 g/mol. The summed E-state index contributed by atoms with van der Waals surface area (Å²) in [4.78, 5) is 15.8. The number of ether oxygens (including phenoxy) is 2. The molecule has 0 radical (unpaired) electrons. The number of aromatic nitrogens is 1. The van der Waals surface area contributed by atoms with Crippen molar-refractivity contribution < 1.29 is 14.3 Å². The van der Waals surface area contributed by atoms with E-state index in [-0.39, 0.29) is 11.6 Å². The number of methoxy groups -OCH3 is 2. The largest absolute Gasteiger partial charge is 0.497 e. The predicted octanol–water partition coefficient (Wildman–Crippen LogP) is 1.99. The molecule has 0 aliphatic rings. The molecule has 1 heterocycles. The Morgan fingerprint density at radius 2 is 1.89 bits per heavy atom. The zero-order valence-electron chi connectivity index (χ0n) is 10.5. The van der Waals surface area contributed by atoms with Crippen molar-refractivity contribution in [1.29, 1.82) is 0 Å². The van der Waals surface area contributed by atoms with E-state index in [4.69, 9.17) is 15.2 Å². The standard InChI is InChI=1S/C12H13N3O3S/c1-17-8-3-7(4-9(5-8)18-2)14-11(16)10-6-19-12(13)15-10/h3-6H,1-2H3,(H2,13,15)(H,14,16).